The molecule has 4 rings (SSSR count). The molecule has 4 aromatic rings. The van der Waals surface area contributed by atoms with E-state index in [-0.39, 0.29) is 0 Å². The summed E-state index contributed by atoms with van der Waals surface area (Å²) in [6.07, 6.45) is 1.62. The van der Waals surface area contributed by atoms with Crippen LogP contribution in [0, 0.1) is 6.92 Å². The summed E-state index contributed by atoms with van der Waals surface area (Å²) >= 11 is 5.28. The maximum Gasteiger partial charge on any atom is 0.143 e. The molecule has 1 N–H and O–H groups in total. The molecule has 0 saturated carbocycles. The minimum absolute atomic E-state index is 0.829. The highest BCUT2D eigenvalue weighted by atomic mass is 79.9. The number of nitrogens with one attached hydrogen (secondary N) is 1. The first kappa shape index (κ1) is 15.3. The molecule has 0 aliphatic carbocycles. The van der Waals surface area contributed by atoms with Crippen LogP contribution in [-0.4, -0.2) is 9.97 Å². The predicted octanol–water partition coefficient (Wildman–Crippen LogP) is 6.17. The van der Waals surface area contributed by atoms with E-state index in [0.29, 0.717) is 0 Å². The van der Waals surface area contributed by atoms with Gasteiger partial charge in [-0.1, -0.05) is 42.5 Å². The third-order valence-electron chi connectivity index (χ3n) is 3.85. The molecule has 2 aromatic carbocycles. The number of rotatable bonds is 3. The molecule has 5 heteroatoms. The number of thiophene rings is 1. The smallest absolute Gasteiger partial charge is 0.143 e. The Morgan fingerprint density at radius 1 is 0.958 bits per heavy atom. The lowest BCUT2D eigenvalue weighted by molar-refractivity contribution is 1.23. The van der Waals surface area contributed by atoms with E-state index < -0.39 is 0 Å². The number of aromatic nitrogens is 2. The van der Waals surface area contributed by atoms with Crippen molar-refractivity contribution in [1.29, 1.82) is 0 Å². The summed E-state index contributed by atoms with van der Waals surface area (Å²) in [5.41, 5.74) is 3.37. The van der Waals surface area contributed by atoms with Crippen molar-refractivity contribution in [3.63, 3.8) is 0 Å². The van der Waals surface area contributed by atoms with Gasteiger partial charge in [-0.3, -0.25) is 0 Å². The fourth-order valence-corrected chi connectivity index (χ4v) is 4.18. The molecular weight excluding hydrogens is 382 g/mol. The van der Waals surface area contributed by atoms with Crippen molar-refractivity contribution in [3.05, 3.63) is 70.3 Å². The van der Waals surface area contributed by atoms with Crippen molar-refractivity contribution >= 4 is 49.0 Å². The molecule has 0 amide bonds. The van der Waals surface area contributed by atoms with Crippen LogP contribution in [0.3, 0.4) is 0 Å². The van der Waals surface area contributed by atoms with E-state index in [1.807, 2.05) is 30.3 Å². The van der Waals surface area contributed by atoms with Gasteiger partial charge in [0, 0.05) is 14.9 Å². The first-order chi connectivity index (χ1) is 11.7. The Labute approximate surface area is 152 Å². The molecule has 0 spiro atoms. The molecule has 24 heavy (non-hydrogen) atoms. The third kappa shape index (κ3) is 2.70. The lowest BCUT2D eigenvalue weighted by atomic mass is 10.0. The molecule has 0 saturated heterocycles. The second kappa shape index (κ2) is 6.34. The van der Waals surface area contributed by atoms with Crippen molar-refractivity contribution in [1.82, 2.24) is 9.97 Å². The summed E-state index contributed by atoms with van der Waals surface area (Å²) in [5.74, 6) is 0.829. The van der Waals surface area contributed by atoms with Gasteiger partial charge in [0.05, 0.1) is 11.1 Å². The van der Waals surface area contributed by atoms with Gasteiger partial charge in [-0.2, -0.15) is 0 Å². The number of nitrogens with zero attached hydrogens (tertiary/aromatic N) is 2. The van der Waals surface area contributed by atoms with Crippen LogP contribution in [0.4, 0.5) is 11.5 Å². The summed E-state index contributed by atoms with van der Waals surface area (Å²) in [4.78, 5) is 11.2. The first-order valence-electron chi connectivity index (χ1n) is 7.55. The SMILES string of the molecule is Cc1sc2ncnc(Nc3ccccc3Br)c2c1-c1ccccc1. The van der Waals surface area contributed by atoms with Gasteiger partial charge in [-0.05, 0) is 40.5 Å². The van der Waals surface area contributed by atoms with Gasteiger partial charge in [0.25, 0.3) is 0 Å². The Balaban J connectivity index is 1.92. The number of para-hydroxylation sites is 1. The summed E-state index contributed by atoms with van der Waals surface area (Å²) in [6, 6.07) is 18.4. The molecule has 2 aromatic heterocycles. The van der Waals surface area contributed by atoms with Gasteiger partial charge in [0.2, 0.25) is 0 Å². The molecule has 0 radical (unpaired) electrons. The van der Waals surface area contributed by atoms with Gasteiger partial charge in [-0.15, -0.1) is 11.3 Å². The molecule has 2 heterocycles. The summed E-state index contributed by atoms with van der Waals surface area (Å²) in [5, 5.41) is 4.52. The monoisotopic (exact) mass is 395 g/mol. The van der Waals surface area contributed by atoms with Crippen LogP contribution in [0.1, 0.15) is 4.88 Å². The zero-order valence-corrected chi connectivity index (χ0v) is 15.4. The Kier molecular flexibility index (Phi) is 4.04. The highest BCUT2D eigenvalue weighted by Gasteiger charge is 2.17. The molecule has 0 fully saturated rings. The Hall–Kier alpha value is -2.24. The normalized spacial score (nSPS) is 10.9. The standard InChI is InChI=1S/C19H14BrN3S/c1-12-16(13-7-3-2-4-8-13)17-18(21-11-22-19(17)24-12)23-15-10-6-5-9-14(15)20/h2-11H,1H3,(H,21,22,23). The van der Waals surface area contributed by atoms with Crippen LogP contribution in [-0.2, 0) is 0 Å². The zero-order chi connectivity index (χ0) is 16.5. The molecule has 0 aliphatic heterocycles. The number of hydrogen-bond acceptors (Lipinski definition) is 4. The Morgan fingerprint density at radius 2 is 1.71 bits per heavy atom. The van der Waals surface area contributed by atoms with Crippen LogP contribution in [0.25, 0.3) is 21.3 Å². The van der Waals surface area contributed by atoms with E-state index in [2.05, 4.69) is 62.4 Å². The van der Waals surface area contributed by atoms with Gasteiger partial charge < -0.3 is 5.32 Å². The minimum atomic E-state index is 0.829. The van der Waals surface area contributed by atoms with Crippen molar-refractivity contribution in [2.75, 3.05) is 5.32 Å². The molecular formula is C19H14BrN3S. The summed E-state index contributed by atoms with van der Waals surface area (Å²) in [7, 11) is 0. The van der Waals surface area contributed by atoms with E-state index in [9.17, 15) is 0 Å². The van der Waals surface area contributed by atoms with E-state index in [1.165, 1.54) is 16.0 Å². The maximum atomic E-state index is 4.51. The quantitative estimate of drug-likeness (QED) is 0.450. The number of fused-ring (bicyclic) bond motifs is 1. The summed E-state index contributed by atoms with van der Waals surface area (Å²) in [6.45, 7) is 2.14. The molecule has 118 valence electrons. The number of halogens is 1. The minimum Gasteiger partial charge on any atom is -0.339 e. The van der Waals surface area contributed by atoms with E-state index >= 15 is 0 Å². The van der Waals surface area contributed by atoms with Gasteiger partial charge in [0.15, 0.2) is 0 Å². The molecule has 0 atom stereocenters. The first-order valence-corrected chi connectivity index (χ1v) is 9.16. The van der Waals surface area contributed by atoms with Crippen LogP contribution in [0.5, 0.6) is 0 Å². The topological polar surface area (TPSA) is 37.8 Å². The average molecular weight is 396 g/mol. The fourth-order valence-electron chi connectivity index (χ4n) is 2.78. The Bertz CT molecular complexity index is 1010. The molecule has 0 aliphatic rings. The highest BCUT2D eigenvalue weighted by Crippen LogP contribution is 2.41. The number of hydrogen-bond donors (Lipinski definition) is 1. The van der Waals surface area contributed by atoms with Crippen LogP contribution >= 0.6 is 27.3 Å². The van der Waals surface area contributed by atoms with Crippen molar-refractivity contribution in [2.24, 2.45) is 0 Å². The van der Waals surface area contributed by atoms with Crippen molar-refractivity contribution < 1.29 is 0 Å². The largest absolute Gasteiger partial charge is 0.339 e. The van der Waals surface area contributed by atoms with Crippen LogP contribution in [0.2, 0.25) is 0 Å². The second-order valence-corrected chi connectivity index (χ2v) is 7.46. The number of anilines is 2. The van der Waals surface area contributed by atoms with Crippen LogP contribution < -0.4 is 5.32 Å². The maximum absolute atomic E-state index is 4.51. The van der Waals surface area contributed by atoms with E-state index in [1.54, 1.807) is 17.7 Å². The second-order valence-electron chi connectivity index (χ2n) is 5.41. The van der Waals surface area contributed by atoms with Crippen LogP contribution in [0.15, 0.2) is 65.4 Å². The molecule has 0 bridgehead atoms. The van der Waals surface area contributed by atoms with Gasteiger partial charge in [-0.25, -0.2) is 9.97 Å². The lowest BCUT2D eigenvalue weighted by Crippen LogP contribution is -1.96. The van der Waals surface area contributed by atoms with Crippen molar-refractivity contribution in [3.8, 4) is 11.1 Å². The highest BCUT2D eigenvalue weighted by molar-refractivity contribution is 9.10. The number of benzene rings is 2. The fraction of sp³-hybridized carbons (Fsp3) is 0.0526. The number of aryl methyl sites for hydroxylation is 1. The lowest BCUT2D eigenvalue weighted by Gasteiger charge is -2.10. The third-order valence-corrected chi connectivity index (χ3v) is 5.56. The summed E-state index contributed by atoms with van der Waals surface area (Å²) < 4.78 is 1.00. The van der Waals surface area contributed by atoms with E-state index in [4.69, 9.17) is 0 Å². The molecule has 0 unspecified atom stereocenters. The Morgan fingerprint density at radius 3 is 2.50 bits per heavy atom. The predicted molar refractivity (Wildman–Crippen MR) is 105 cm³/mol. The molecule has 3 nitrogen and oxygen atoms in total. The zero-order valence-electron chi connectivity index (χ0n) is 13.0. The van der Waals surface area contributed by atoms with Gasteiger partial charge in [0.1, 0.15) is 17.0 Å². The van der Waals surface area contributed by atoms with Gasteiger partial charge >= 0.3 is 0 Å². The van der Waals surface area contributed by atoms with E-state index in [0.717, 1.165) is 26.2 Å². The average Bonchev–Trinajstić information content (AvgIpc) is 2.94. The van der Waals surface area contributed by atoms with Crippen molar-refractivity contribution in [2.45, 2.75) is 6.92 Å².